The Morgan fingerprint density at radius 3 is 2.60 bits per heavy atom. The second kappa shape index (κ2) is 7.89. The van der Waals surface area contributed by atoms with Gasteiger partial charge in [-0.2, -0.15) is 0 Å². The van der Waals surface area contributed by atoms with E-state index < -0.39 is 18.2 Å². The van der Waals surface area contributed by atoms with E-state index in [0.29, 0.717) is 6.61 Å². The minimum absolute atomic E-state index is 0.298. The summed E-state index contributed by atoms with van der Waals surface area (Å²) in [5.74, 6) is 1.32. The summed E-state index contributed by atoms with van der Waals surface area (Å²) in [5, 5.41) is 5.84. The molecule has 0 bridgehead atoms. The number of carbonyl (C=O) groups excluding carboxylic acids is 2. The molecule has 1 saturated heterocycles. The Bertz CT molecular complexity index is 910. The maximum Gasteiger partial charge on any atom is 0.325 e. The Morgan fingerprint density at radius 1 is 1.17 bits per heavy atom. The smallest absolute Gasteiger partial charge is 0.325 e. The van der Waals surface area contributed by atoms with E-state index in [4.69, 9.17) is 9.73 Å². The van der Waals surface area contributed by atoms with Crippen molar-refractivity contribution in [2.24, 2.45) is 4.99 Å². The Hall–Kier alpha value is -3.23. The van der Waals surface area contributed by atoms with Crippen LogP contribution in [0.25, 0.3) is 0 Å². The SMILES string of the molecule is CCOc1ccc(NCCCN2C3=NC4C(C(=O)NC(=O)N4C)N3C(C)=C2C)cc1. The van der Waals surface area contributed by atoms with Gasteiger partial charge in [0.2, 0.25) is 5.96 Å². The molecule has 0 aliphatic carbocycles. The molecule has 3 aliphatic heterocycles. The Labute approximate surface area is 176 Å². The molecule has 4 rings (SSSR count). The van der Waals surface area contributed by atoms with E-state index in [1.165, 1.54) is 4.90 Å². The van der Waals surface area contributed by atoms with E-state index in [0.717, 1.165) is 48.3 Å². The summed E-state index contributed by atoms with van der Waals surface area (Å²) >= 11 is 0. The predicted molar refractivity (Wildman–Crippen MR) is 114 cm³/mol. The largest absolute Gasteiger partial charge is 0.494 e. The molecule has 1 aromatic rings. The molecule has 1 aromatic carbocycles. The van der Waals surface area contributed by atoms with Crippen LogP contribution in [0.1, 0.15) is 27.2 Å². The molecule has 9 heteroatoms. The average molecular weight is 412 g/mol. The van der Waals surface area contributed by atoms with Crippen LogP contribution in [0.2, 0.25) is 0 Å². The molecule has 0 radical (unpaired) electrons. The third-order valence-electron chi connectivity index (χ3n) is 5.82. The monoisotopic (exact) mass is 412 g/mol. The Balaban J connectivity index is 1.39. The fraction of sp³-hybridized carbons (Fsp3) is 0.476. The fourth-order valence-electron chi connectivity index (χ4n) is 4.10. The number of allylic oxidation sites excluding steroid dienone is 2. The van der Waals surface area contributed by atoms with Crippen molar-refractivity contribution >= 4 is 23.6 Å². The zero-order valence-corrected chi connectivity index (χ0v) is 17.8. The van der Waals surface area contributed by atoms with Crippen LogP contribution in [-0.4, -0.2) is 71.5 Å². The molecule has 0 aromatic heterocycles. The van der Waals surface area contributed by atoms with E-state index in [1.807, 2.05) is 49.9 Å². The second-order valence-corrected chi connectivity index (χ2v) is 7.62. The first-order valence-electron chi connectivity index (χ1n) is 10.3. The quantitative estimate of drug-likeness (QED) is 0.666. The number of nitrogens with one attached hydrogen (secondary N) is 2. The van der Waals surface area contributed by atoms with Crippen LogP contribution in [0.3, 0.4) is 0 Å². The van der Waals surface area contributed by atoms with Gasteiger partial charge in [0, 0.05) is 37.2 Å². The normalized spacial score (nSPS) is 22.8. The van der Waals surface area contributed by atoms with Crippen LogP contribution >= 0.6 is 0 Å². The van der Waals surface area contributed by atoms with Gasteiger partial charge in [-0.05, 0) is 51.5 Å². The molecule has 0 spiro atoms. The summed E-state index contributed by atoms with van der Waals surface area (Å²) in [6, 6.07) is 7.02. The number of anilines is 1. The molecule has 1 fully saturated rings. The van der Waals surface area contributed by atoms with Crippen LogP contribution in [-0.2, 0) is 4.79 Å². The van der Waals surface area contributed by atoms with Gasteiger partial charge in [0.1, 0.15) is 5.75 Å². The summed E-state index contributed by atoms with van der Waals surface area (Å²) in [4.78, 5) is 34.8. The number of urea groups is 1. The maximum absolute atomic E-state index is 12.5. The number of aliphatic imine (C=N–C) groups is 1. The highest BCUT2D eigenvalue weighted by Crippen LogP contribution is 2.36. The summed E-state index contributed by atoms with van der Waals surface area (Å²) in [5.41, 5.74) is 3.13. The number of likely N-dealkylation sites (N-methyl/N-ethyl adjacent to an activating group) is 1. The number of benzene rings is 1. The first kappa shape index (κ1) is 20.1. The average Bonchev–Trinajstić information content (AvgIpc) is 3.22. The van der Waals surface area contributed by atoms with Crippen LogP contribution in [0.15, 0.2) is 40.7 Å². The molecule has 3 aliphatic rings. The minimum atomic E-state index is -0.510. The van der Waals surface area contributed by atoms with Crippen molar-refractivity contribution in [1.82, 2.24) is 20.0 Å². The van der Waals surface area contributed by atoms with E-state index >= 15 is 0 Å². The van der Waals surface area contributed by atoms with E-state index in [9.17, 15) is 9.59 Å². The van der Waals surface area contributed by atoms with Crippen molar-refractivity contribution in [3.8, 4) is 5.75 Å². The lowest BCUT2D eigenvalue weighted by Gasteiger charge is -2.35. The van der Waals surface area contributed by atoms with E-state index in [1.54, 1.807) is 7.05 Å². The van der Waals surface area contributed by atoms with Gasteiger partial charge in [-0.25, -0.2) is 9.79 Å². The molecule has 2 atom stereocenters. The lowest BCUT2D eigenvalue weighted by molar-refractivity contribution is -0.126. The first-order valence-corrected chi connectivity index (χ1v) is 10.3. The number of hydrogen-bond donors (Lipinski definition) is 2. The lowest BCUT2D eigenvalue weighted by Crippen LogP contribution is -2.63. The number of imide groups is 1. The van der Waals surface area contributed by atoms with Gasteiger partial charge in [0.25, 0.3) is 5.91 Å². The maximum atomic E-state index is 12.5. The van der Waals surface area contributed by atoms with Crippen molar-refractivity contribution in [2.45, 2.75) is 39.4 Å². The minimum Gasteiger partial charge on any atom is -0.494 e. The summed E-state index contributed by atoms with van der Waals surface area (Å²) in [7, 11) is 1.67. The fourth-order valence-corrected chi connectivity index (χ4v) is 4.10. The molecule has 2 unspecified atom stereocenters. The van der Waals surface area contributed by atoms with Crippen LogP contribution in [0, 0.1) is 0 Å². The third kappa shape index (κ3) is 3.34. The summed E-state index contributed by atoms with van der Waals surface area (Å²) < 4.78 is 5.47. The molecule has 9 nitrogen and oxygen atoms in total. The number of fused-ring (bicyclic) bond motifs is 3. The summed E-state index contributed by atoms with van der Waals surface area (Å²) in [6.45, 7) is 8.23. The van der Waals surface area contributed by atoms with Crippen molar-refractivity contribution in [2.75, 3.05) is 32.1 Å². The second-order valence-electron chi connectivity index (χ2n) is 7.62. The number of rotatable bonds is 7. The topological polar surface area (TPSA) is 89.5 Å². The molecule has 160 valence electrons. The highest BCUT2D eigenvalue weighted by Gasteiger charge is 2.52. The number of hydrogen-bond acceptors (Lipinski definition) is 7. The first-order chi connectivity index (χ1) is 14.4. The Kier molecular flexibility index (Phi) is 5.27. The highest BCUT2D eigenvalue weighted by molar-refractivity contribution is 6.05. The van der Waals surface area contributed by atoms with E-state index in [-0.39, 0.29) is 5.91 Å². The van der Waals surface area contributed by atoms with Crippen LogP contribution in [0.4, 0.5) is 10.5 Å². The molecule has 0 saturated carbocycles. The zero-order valence-electron chi connectivity index (χ0n) is 17.8. The molecule has 30 heavy (non-hydrogen) atoms. The molecule has 2 N–H and O–H groups in total. The molecular weight excluding hydrogens is 384 g/mol. The molecule has 3 amide bonds. The van der Waals surface area contributed by atoms with Gasteiger partial charge >= 0.3 is 6.03 Å². The zero-order chi connectivity index (χ0) is 21.4. The number of amides is 3. The molecular formula is C21H28N6O3. The summed E-state index contributed by atoms with van der Waals surface area (Å²) in [6.07, 6.45) is 0.398. The van der Waals surface area contributed by atoms with Gasteiger partial charge in [-0.15, -0.1) is 0 Å². The van der Waals surface area contributed by atoms with Crippen molar-refractivity contribution in [3.05, 3.63) is 35.7 Å². The highest BCUT2D eigenvalue weighted by atomic mass is 16.5. The standard InChI is InChI=1S/C21H28N6O3/c1-5-30-16-9-7-15(8-10-16)22-11-6-12-26-13(2)14(3)27-17-18(23-20(26)27)25(4)21(29)24-19(17)28/h7-10,17-18,22H,5-6,11-12H2,1-4H3,(H,24,28,29). The van der Waals surface area contributed by atoms with Gasteiger partial charge in [0.05, 0.1) is 6.61 Å². The lowest BCUT2D eigenvalue weighted by atomic mass is 10.1. The van der Waals surface area contributed by atoms with Crippen molar-refractivity contribution in [1.29, 1.82) is 0 Å². The Morgan fingerprint density at radius 2 is 1.90 bits per heavy atom. The number of carbonyl (C=O) groups is 2. The van der Waals surface area contributed by atoms with Gasteiger partial charge < -0.3 is 19.9 Å². The van der Waals surface area contributed by atoms with Crippen LogP contribution < -0.4 is 15.4 Å². The van der Waals surface area contributed by atoms with Crippen LogP contribution in [0.5, 0.6) is 5.75 Å². The van der Waals surface area contributed by atoms with Gasteiger partial charge in [-0.1, -0.05) is 0 Å². The van der Waals surface area contributed by atoms with Crippen molar-refractivity contribution in [3.63, 3.8) is 0 Å². The van der Waals surface area contributed by atoms with E-state index in [2.05, 4.69) is 15.5 Å². The van der Waals surface area contributed by atoms with Gasteiger partial charge in [0.15, 0.2) is 12.2 Å². The number of ether oxygens (including phenoxy) is 1. The third-order valence-corrected chi connectivity index (χ3v) is 5.82. The van der Waals surface area contributed by atoms with Gasteiger partial charge in [-0.3, -0.25) is 15.0 Å². The number of nitrogens with zero attached hydrogens (tertiary/aromatic N) is 4. The predicted octanol–water partition coefficient (Wildman–Crippen LogP) is 2.00. The number of guanidine groups is 1. The molecule has 3 heterocycles. The van der Waals surface area contributed by atoms with Crippen molar-refractivity contribution < 1.29 is 14.3 Å².